The summed E-state index contributed by atoms with van der Waals surface area (Å²) in [5, 5.41) is 9.41. The Hall–Kier alpha value is -3.30. The molecule has 0 saturated heterocycles. The minimum atomic E-state index is -1.36. The predicted molar refractivity (Wildman–Crippen MR) is 128 cm³/mol. The van der Waals surface area contributed by atoms with Crippen molar-refractivity contribution in [3.8, 4) is 17.6 Å². The smallest absolute Gasteiger partial charge is 0.296 e. The van der Waals surface area contributed by atoms with Gasteiger partial charge in [0.15, 0.2) is 0 Å². The lowest BCUT2D eigenvalue weighted by atomic mass is 10.0. The molecular formula is C24H26FN4O3P. The van der Waals surface area contributed by atoms with Gasteiger partial charge in [0.1, 0.15) is 11.7 Å². The van der Waals surface area contributed by atoms with E-state index in [-0.39, 0.29) is 23.5 Å². The van der Waals surface area contributed by atoms with Crippen molar-refractivity contribution in [2.75, 3.05) is 0 Å². The van der Waals surface area contributed by atoms with E-state index < -0.39 is 17.4 Å². The third-order valence-corrected chi connectivity index (χ3v) is 6.17. The number of alkyl halides is 1. The van der Waals surface area contributed by atoms with Crippen LogP contribution in [0.4, 0.5) is 4.39 Å². The first kappa shape index (κ1) is 24.3. The first-order valence-corrected chi connectivity index (χ1v) is 11.1. The predicted octanol–water partition coefficient (Wildman–Crippen LogP) is 4.15. The van der Waals surface area contributed by atoms with E-state index in [2.05, 4.69) is 25.3 Å². The van der Waals surface area contributed by atoms with E-state index in [4.69, 9.17) is 4.74 Å². The van der Waals surface area contributed by atoms with Crippen LogP contribution in [0.1, 0.15) is 52.0 Å². The molecule has 0 bridgehead atoms. The molecule has 1 N–H and O–H groups in total. The van der Waals surface area contributed by atoms with Gasteiger partial charge in [-0.2, -0.15) is 5.26 Å². The molecule has 172 valence electrons. The van der Waals surface area contributed by atoms with Crippen molar-refractivity contribution in [3.63, 3.8) is 0 Å². The van der Waals surface area contributed by atoms with Crippen molar-refractivity contribution in [3.05, 3.63) is 84.4 Å². The number of H-pyrrole nitrogens is 1. The normalized spacial score (nSPS) is 12.8. The quantitative estimate of drug-likeness (QED) is 0.548. The van der Waals surface area contributed by atoms with Crippen LogP contribution in [-0.2, 0) is 6.54 Å². The molecule has 0 fully saturated rings. The summed E-state index contributed by atoms with van der Waals surface area (Å²) in [4.78, 5) is 33.0. The highest BCUT2D eigenvalue weighted by molar-refractivity contribution is 7.17. The van der Waals surface area contributed by atoms with Gasteiger partial charge in [0.05, 0.1) is 30.2 Å². The van der Waals surface area contributed by atoms with Crippen molar-refractivity contribution in [1.82, 2.24) is 14.5 Å². The molecule has 1 aromatic carbocycles. The van der Waals surface area contributed by atoms with Gasteiger partial charge >= 0.3 is 0 Å². The maximum absolute atomic E-state index is 14.2. The van der Waals surface area contributed by atoms with Crippen LogP contribution in [0.25, 0.3) is 0 Å². The van der Waals surface area contributed by atoms with Crippen molar-refractivity contribution in [2.45, 2.75) is 53.0 Å². The lowest BCUT2D eigenvalue weighted by Crippen LogP contribution is -2.28. The van der Waals surface area contributed by atoms with Crippen LogP contribution < -0.4 is 15.9 Å². The number of nitriles is 1. The Kier molecular flexibility index (Phi) is 7.14. The fourth-order valence-electron chi connectivity index (χ4n) is 3.57. The molecule has 7 nitrogen and oxygen atoms in total. The van der Waals surface area contributed by atoms with E-state index in [1.807, 2.05) is 13.0 Å². The van der Waals surface area contributed by atoms with E-state index in [0.717, 1.165) is 16.8 Å². The molecule has 33 heavy (non-hydrogen) atoms. The lowest BCUT2D eigenvalue weighted by molar-refractivity contribution is 0.380. The number of nitrogens with one attached hydrogen (secondary N) is 1. The lowest BCUT2D eigenvalue weighted by Gasteiger charge is -2.19. The molecule has 0 radical (unpaired) electrons. The number of pyridine rings is 1. The minimum absolute atomic E-state index is 0.0194. The van der Waals surface area contributed by atoms with E-state index in [0.29, 0.717) is 22.4 Å². The van der Waals surface area contributed by atoms with Gasteiger partial charge < -0.3 is 9.72 Å². The first-order chi connectivity index (χ1) is 15.5. The number of nitrogens with zero attached hydrogens (tertiary/aromatic N) is 3. The third-order valence-electron chi connectivity index (χ3n) is 5.59. The van der Waals surface area contributed by atoms with E-state index in [1.54, 1.807) is 39.8 Å². The first-order valence-electron chi connectivity index (χ1n) is 10.4. The maximum Gasteiger partial charge on any atom is 0.296 e. The van der Waals surface area contributed by atoms with E-state index >= 15 is 0 Å². The van der Waals surface area contributed by atoms with Gasteiger partial charge in [0.2, 0.25) is 5.75 Å². The fourth-order valence-corrected chi connectivity index (χ4v) is 3.75. The van der Waals surface area contributed by atoms with E-state index in [1.165, 1.54) is 10.9 Å². The molecular weight excluding hydrogens is 442 g/mol. The maximum atomic E-state index is 14.2. The number of hydrogen-bond acceptors (Lipinski definition) is 5. The summed E-state index contributed by atoms with van der Waals surface area (Å²) in [6.45, 7) is 8.69. The molecule has 2 heterocycles. The van der Waals surface area contributed by atoms with Crippen LogP contribution in [-0.4, -0.2) is 20.4 Å². The Labute approximate surface area is 193 Å². The van der Waals surface area contributed by atoms with Crippen LogP contribution in [0, 0.1) is 39.0 Å². The number of aromatic nitrogens is 3. The standard InChI is InChI=1S/C24H26FN4O3P/c1-12-6-17(9-26)15(4)19(7-12)32-21-20(16(5)22(25)33)27-11-29(24(21)31)10-18-13(2)8-14(3)28-23(18)30/h6-8,11,16,22H,10,33H2,1-5H3,(H,28,30). The van der Waals surface area contributed by atoms with Gasteiger partial charge in [0.25, 0.3) is 11.1 Å². The average molecular weight is 468 g/mol. The molecule has 3 atom stereocenters. The van der Waals surface area contributed by atoms with Crippen LogP contribution >= 0.6 is 9.24 Å². The van der Waals surface area contributed by atoms with Gasteiger partial charge in [0, 0.05) is 22.7 Å². The molecule has 0 aliphatic rings. The Morgan fingerprint density at radius 2 is 1.94 bits per heavy atom. The Morgan fingerprint density at radius 1 is 1.24 bits per heavy atom. The number of benzene rings is 1. The average Bonchev–Trinajstić information content (AvgIpc) is 2.74. The number of rotatable bonds is 6. The SMILES string of the molecule is Cc1cc(C#N)c(C)c(Oc2c(C(C)C(F)P)ncn(Cc3c(C)cc(C)[nH]c3=O)c2=O)c1. The molecule has 3 rings (SSSR count). The molecule has 9 heteroatoms. The molecule has 0 aliphatic carbocycles. The minimum Gasteiger partial charge on any atom is -0.449 e. The highest BCUT2D eigenvalue weighted by atomic mass is 31.0. The highest BCUT2D eigenvalue weighted by Gasteiger charge is 2.25. The van der Waals surface area contributed by atoms with Crippen molar-refractivity contribution >= 4 is 9.24 Å². The molecule has 0 saturated carbocycles. The zero-order chi connectivity index (χ0) is 24.4. The van der Waals surface area contributed by atoms with Gasteiger partial charge in [-0.15, -0.1) is 9.24 Å². The second-order valence-corrected chi connectivity index (χ2v) is 8.85. The van der Waals surface area contributed by atoms with Crippen molar-refractivity contribution in [1.29, 1.82) is 5.26 Å². The number of aryl methyl sites for hydroxylation is 3. The summed E-state index contributed by atoms with van der Waals surface area (Å²) in [5.74, 6) is -1.91. The fraction of sp³-hybridized carbons (Fsp3) is 0.333. The molecule has 0 spiro atoms. The summed E-state index contributed by atoms with van der Waals surface area (Å²) in [6.07, 6.45) is 1.30. The molecule has 3 aromatic rings. The summed E-state index contributed by atoms with van der Waals surface area (Å²) in [6, 6.07) is 7.37. The number of hydrogen-bond donors (Lipinski definition) is 1. The second-order valence-electron chi connectivity index (χ2n) is 8.22. The van der Waals surface area contributed by atoms with Crippen molar-refractivity contribution < 1.29 is 9.13 Å². The summed E-state index contributed by atoms with van der Waals surface area (Å²) in [7, 11) is 2.07. The topological polar surface area (TPSA) is 101 Å². The van der Waals surface area contributed by atoms with Gasteiger partial charge in [-0.25, -0.2) is 9.37 Å². The number of aromatic amines is 1. The van der Waals surface area contributed by atoms with Crippen LogP contribution in [0.5, 0.6) is 11.5 Å². The number of halogens is 1. The Balaban J connectivity index is 2.18. The zero-order valence-corrected chi connectivity index (χ0v) is 20.3. The Morgan fingerprint density at radius 3 is 2.55 bits per heavy atom. The third kappa shape index (κ3) is 5.04. The van der Waals surface area contributed by atoms with Crippen LogP contribution in [0.3, 0.4) is 0 Å². The van der Waals surface area contributed by atoms with E-state index in [9.17, 15) is 19.2 Å². The van der Waals surface area contributed by atoms with Crippen LogP contribution in [0.2, 0.25) is 0 Å². The zero-order valence-electron chi connectivity index (χ0n) is 19.2. The number of ether oxygens (including phenoxy) is 1. The van der Waals surface area contributed by atoms with Gasteiger partial charge in [-0.1, -0.05) is 6.92 Å². The Bertz CT molecular complexity index is 1370. The highest BCUT2D eigenvalue weighted by Crippen LogP contribution is 2.33. The second kappa shape index (κ2) is 9.68. The monoisotopic (exact) mass is 468 g/mol. The molecule has 2 aromatic heterocycles. The van der Waals surface area contributed by atoms with Gasteiger partial charge in [-0.3, -0.25) is 14.2 Å². The summed E-state index contributed by atoms with van der Waals surface area (Å²) in [5.41, 5.74) is 2.96. The molecule has 0 aliphatic heterocycles. The van der Waals surface area contributed by atoms with Crippen LogP contribution in [0.15, 0.2) is 34.1 Å². The molecule has 3 unspecified atom stereocenters. The summed E-state index contributed by atoms with van der Waals surface area (Å²) < 4.78 is 21.4. The molecule has 0 amide bonds. The van der Waals surface area contributed by atoms with Gasteiger partial charge in [-0.05, 0) is 57.0 Å². The van der Waals surface area contributed by atoms with Crippen molar-refractivity contribution in [2.24, 2.45) is 0 Å². The summed E-state index contributed by atoms with van der Waals surface area (Å²) >= 11 is 0. The largest absolute Gasteiger partial charge is 0.449 e.